The van der Waals surface area contributed by atoms with Crippen LogP contribution in [0, 0.1) is 0 Å². The first kappa shape index (κ1) is 21.9. The zero-order valence-corrected chi connectivity index (χ0v) is 16.9. The van der Waals surface area contributed by atoms with E-state index in [0.29, 0.717) is 21.7 Å². The van der Waals surface area contributed by atoms with Crippen LogP contribution >= 0.6 is 22.9 Å². The van der Waals surface area contributed by atoms with Crippen LogP contribution in [0.1, 0.15) is 27.9 Å². The van der Waals surface area contributed by atoms with E-state index in [1.54, 1.807) is 29.6 Å². The molecule has 0 bridgehead atoms. The summed E-state index contributed by atoms with van der Waals surface area (Å²) in [5.74, 6) is -1.69. The summed E-state index contributed by atoms with van der Waals surface area (Å²) in [7, 11) is 0. The summed E-state index contributed by atoms with van der Waals surface area (Å²) in [5, 5.41) is 14.5. The predicted molar refractivity (Wildman–Crippen MR) is 110 cm³/mol. The minimum atomic E-state index is -4.45. The Morgan fingerprint density at radius 2 is 1.80 bits per heavy atom. The Hall–Kier alpha value is -2.84. The highest BCUT2D eigenvalue weighted by molar-refractivity contribution is 7.15. The van der Waals surface area contributed by atoms with Gasteiger partial charge in [0.15, 0.2) is 0 Å². The van der Waals surface area contributed by atoms with Crippen molar-refractivity contribution in [1.29, 1.82) is 0 Å². The number of carbonyl (C=O) groups excluding carboxylic acids is 1. The van der Waals surface area contributed by atoms with E-state index in [9.17, 15) is 27.9 Å². The number of amides is 1. The second kappa shape index (κ2) is 8.89. The maximum Gasteiger partial charge on any atom is 0.416 e. The van der Waals surface area contributed by atoms with Crippen molar-refractivity contribution >= 4 is 39.8 Å². The first-order valence-electron chi connectivity index (χ1n) is 8.72. The van der Waals surface area contributed by atoms with E-state index in [1.807, 2.05) is 0 Å². The Bertz CT molecular complexity index is 1080. The third-order valence-electron chi connectivity index (χ3n) is 4.31. The van der Waals surface area contributed by atoms with Crippen LogP contribution in [0.2, 0.25) is 5.02 Å². The lowest BCUT2D eigenvalue weighted by molar-refractivity contribution is -0.137. The molecule has 2 N–H and O–H groups in total. The lowest BCUT2D eigenvalue weighted by atomic mass is 10.0. The fourth-order valence-corrected chi connectivity index (χ4v) is 3.96. The molecule has 3 aromatic rings. The molecule has 9 heteroatoms. The summed E-state index contributed by atoms with van der Waals surface area (Å²) in [6, 6.07) is 11.4. The molecule has 0 radical (unpaired) electrons. The molecule has 1 aromatic heterocycles. The van der Waals surface area contributed by atoms with E-state index in [-0.39, 0.29) is 23.4 Å². The second-order valence-electron chi connectivity index (χ2n) is 6.41. The van der Waals surface area contributed by atoms with Crippen molar-refractivity contribution < 1.29 is 27.9 Å². The number of benzene rings is 2. The molecule has 2 aromatic carbocycles. The summed E-state index contributed by atoms with van der Waals surface area (Å²) in [6.07, 6.45) is -4.45. The molecule has 0 saturated heterocycles. The molecule has 0 spiro atoms. The van der Waals surface area contributed by atoms with Gasteiger partial charge in [0.2, 0.25) is 5.91 Å². The lowest BCUT2D eigenvalue weighted by Gasteiger charge is -2.09. The highest BCUT2D eigenvalue weighted by Crippen LogP contribution is 2.36. The molecule has 0 aliphatic heterocycles. The monoisotopic (exact) mass is 453 g/mol. The van der Waals surface area contributed by atoms with E-state index in [4.69, 9.17) is 11.6 Å². The quantitative estimate of drug-likeness (QED) is 0.456. The van der Waals surface area contributed by atoms with Gasteiger partial charge >= 0.3 is 12.1 Å². The van der Waals surface area contributed by atoms with E-state index in [0.717, 1.165) is 23.5 Å². The Morgan fingerprint density at radius 3 is 2.43 bits per heavy atom. The molecule has 156 valence electrons. The van der Waals surface area contributed by atoms with Gasteiger partial charge in [-0.05, 0) is 35.7 Å². The fraction of sp³-hybridized carbons (Fsp3) is 0.143. The Balaban J connectivity index is 1.73. The van der Waals surface area contributed by atoms with Crippen molar-refractivity contribution in [2.75, 3.05) is 5.32 Å². The zero-order chi connectivity index (χ0) is 21.9. The van der Waals surface area contributed by atoms with Crippen molar-refractivity contribution in [2.24, 2.45) is 0 Å². The number of carbonyl (C=O) groups is 2. The number of halogens is 4. The average molecular weight is 454 g/mol. The van der Waals surface area contributed by atoms with Crippen LogP contribution < -0.4 is 5.32 Å². The zero-order valence-electron chi connectivity index (χ0n) is 15.3. The number of hydrogen-bond donors (Lipinski definition) is 2. The van der Waals surface area contributed by atoms with Crippen molar-refractivity contribution in [3.63, 3.8) is 0 Å². The summed E-state index contributed by atoms with van der Waals surface area (Å²) in [4.78, 5) is 24.1. The molecular weight excluding hydrogens is 439 g/mol. The molecule has 0 unspecified atom stereocenters. The first-order valence-corrected chi connectivity index (χ1v) is 9.97. The largest absolute Gasteiger partial charge is 0.478 e. The number of anilines is 1. The number of rotatable bonds is 6. The van der Waals surface area contributed by atoms with Crippen LogP contribution in [-0.4, -0.2) is 17.0 Å². The number of carboxylic acids is 1. The molecule has 1 amide bonds. The third kappa shape index (κ3) is 5.20. The number of alkyl halides is 3. The maximum atomic E-state index is 12.8. The molecule has 1 heterocycles. The van der Waals surface area contributed by atoms with Gasteiger partial charge in [0.05, 0.1) is 5.56 Å². The average Bonchev–Trinajstić information content (AvgIpc) is 3.10. The maximum absolute atomic E-state index is 12.8. The predicted octanol–water partition coefficient (Wildman–Crippen LogP) is 6.36. The molecule has 0 aliphatic carbocycles. The highest BCUT2D eigenvalue weighted by atomic mass is 35.5. The van der Waals surface area contributed by atoms with Gasteiger partial charge in [-0.25, -0.2) is 4.79 Å². The summed E-state index contributed by atoms with van der Waals surface area (Å²) >= 11 is 6.93. The second-order valence-corrected chi connectivity index (χ2v) is 7.73. The number of carboxylic acid groups (broad SMARTS) is 1. The van der Waals surface area contributed by atoms with E-state index in [2.05, 4.69) is 5.32 Å². The molecule has 0 fully saturated rings. The van der Waals surface area contributed by atoms with Crippen molar-refractivity contribution in [2.45, 2.75) is 19.0 Å². The van der Waals surface area contributed by atoms with E-state index in [1.165, 1.54) is 12.1 Å². The van der Waals surface area contributed by atoms with Gasteiger partial charge in [-0.1, -0.05) is 41.9 Å². The van der Waals surface area contributed by atoms with Crippen LogP contribution in [0.3, 0.4) is 0 Å². The molecule has 0 aliphatic rings. The number of aromatic carboxylic acids is 1. The lowest BCUT2D eigenvalue weighted by Crippen LogP contribution is -2.14. The van der Waals surface area contributed by atoms with Gasteiger partial charge in [-0.2, -0.15) is 13.2 Å². The van der Waals surface area contributed by atoms with Crippen molar-refractivity contribution in [1.82, 2.24) is 0 Å². The topological polar surface area (TPSA) is 66.4 Å². The third-order valence-corrected chi connectivity index (χ3v) is 5.46. The van der Waals surface area contributed by atoms with Gasteiger partial charge in [0, 0.05) is 22.4 Å². The normalized spacial score (nSPS) is 11.3. The number of aryl methyl sites for hydroxylation is 1. The van der Waals surface area contributed by atoms with E-state index < -0.39 is 23.6 Å². The van der Waals surface area contributed by atoms with Gasteiger partial charge in [0.25, 0.3) is 0 Å². The van der Waals surface area contributed by atoms with Crippen LogP contribution in [0.4, 0.5) is 18.2 Å². The van der Waals surface area contributed by atoms with Gasteiger partial charge in [-0.3, -0.25) is 4.79 Å². The van der Waals surface area contributed by atoms with Crippen LogP contribution in [-0.2, 0) is 17.4 Å². The van der Waals surface area contributed by atoms with Crippen LogP contribution in [0.25, 0.3) is 11.1 Å². The number of hydrogen-bond acceptors (Lipinski definition) is 3. The molecule has 0 saturated carbocycles. The van der Waals surface area contributed by atoms with Crippen LogP contribution in [0.5, 0.6) is 0 Å². The van der Waals surface area contributed by atoms with Gasteiger partial charge in [-0.15, -0.1) is 11.3 Å². The van der Waals surface area contributed by atoms with Gasteiger partial charge in [0.1, 0.15) is 10.6 Å². The fourth-order valence-electron chi connectivity index (χ4n) is 2.85. The minimum absolute atomic E-state index is 0.0465. The molecule has 0 atom stereocenters. The summed E-state index contributed by atoms with van der Waals surface area (Å²) in [5.41, 5.74) is 0.621. The van der Waals surface area contributed by atoms with Crippen LogP contribution in [0.15, 0.2) is 53.9 Å². The SMILES string of the molecule is O=C(CCc1cccc(C(F)(F)F)c1)Nc1scc(-c2ccc(Cl)cc2)c1C(=O)O. The molecule has 30 heavy (non-hydrogen) atoms. The molecule has 4 nitrogen and oxygen atoms in total. The summed E-state index contributed by atoms with van der Waals surface area (Å²) < 4.78 is 38.4. The molecular formula is C21H15ClF3NO3S. The smallest absolute Gasteiger partial charge is 0.416 e. The summed E-state index contributed by atoms with van der Waals surface area (Å²) in [6.45, 7) is 0. The van der Waals surface area contributed by atoms with Crippen molar-refractivity contribution in [3.05, 3.63) is 75.6 Å². The highest BCUT2D eigenvalue weighted by Gasteiger charge is 2.30. The van der Waals surface area contributed by atoms with E-state index >= 15 is 0 Å². The Kier molecular flexibility index (Phi) is 6.48. The van der Waals surface area contributed by atoms with Gasteiger partial charge < -0.3 is 10.4 Å². The van der Waals surface area contributed by atoms with Crippen molar-refractivity contribution in [3.8, 4) is 11.1 Å². The Labute approximate surface area is 178 Å². The molecule has 3 rings (SSSR count). The standard InChI is InChI=1S/C21H15ClF3NO3S/c22-15-7-5-13(6-8-15)16-11-30-19(18(16)20(28)29)26-17(27)9-4-12-2-1-3-14(10-12)21(23,24)25/h1-3,5-8,10-11H,4,9H2,(H,26,27)(H,28,29). The first-order chi connectivity index (χ1) is 14.1. The number of thiophene rings is 1. The Morgan fingerprint density at radius 1 is 1.10 bits per heavy atom. The number of nitrogens with one attached hydrogen (secondary N) is 1. The minimum Gasteiger partial charge on any atom is -0.478 e.